The average Bonchev–Trinajstić information content (AvgIpc) is 3.44. The number of benzene rings is 1. The number of hydrogen-bond acceptors (Lipinski definition) is 7. The summed E-state index contributed by atoms with van der Waals surface area (Å²) in [5, 5.41) is 7.10. The molecule has 1 N–H and O–H groups in total. The molecule has 1 saturated heterocycles. The predicted octanol–water partition coefficient (Wildman–Crippen LogP) is 3.98. The summed E-state index contributed by atoms with van der Waals surface area (Å²) >= 11 is 1.14. The summed E-state index contributed by atoms with van der Waals surface area (Å²) in [4.78, 5) is 24.2. The van der Waals surface area contributed by atoms with Crippen molar-refractivity contribution < 1.29 is 22.7 Å². The van der Waals surface area contributed by atoms with E-state index in [9.17, 15) is 13.6 Å². The Kier molecular flexibility index (Phi) is 4.90. The molecule has 35 heavy (non-hydrogen) atoms. The smallest absolute Gasteiger partial charge is 0.259 e. The zero-order chi connectivity index (χ0) is 24.3. The van der Waals surface area contributed by atoms with Crippen LogP contribution < -0.4 is 5.32 Å². The fraction of sp³-hybridized carbons (Fsp3) is 0.217. The zero-order valence-corrected chi connectivity index (χ0v) is 19.1. The van der Waals surface area contributed by atoms with Crippen LogP contribution in [0.2, 0.25) is 0 Å². The molecule has 12 heteroatoms. The molecule has 178 valence electrons. The fourth-order valence-corrected chi connectivity index (χ4v) is 5.64. The van der Waals surface area contributed by atoms with Crippen LogP contribution in [-0.4, -0.2) is 43.8 Å². The first-order valence-corrected chi connectivity index (χ1v) is 11.4. The Labute approximate surface area is 201 Å². The van der Waals surface area contributed by atoms with Gasteiger partial charge in [0.2, 0.25) is 5.95 Å². The lowest BCUT2D eigenvalue weighted by Crippen LogP contribution is -2.56. The van der Waals surface area contributed by atoms with Gasteiger partial charge in [0.1, 0.15) is 11.4 Å². The standard InChI is InChI=1S/C23H17F3N6O2S/c1-31-16(5-7-28-31)30-22-27-6-4-15(29-22)19-18(26)17-20(35-19)23(10-34-11-23)32(21(17)33)9-12-2-3-13(24)14(25)8-12/h2-8H,9-11H2,1H3,(H,27,29,30). The third-order valence-corrected chi connectivity index (χ3v) is 7.58. The van der Waals surface area contributed by atoms with Crippen molar-refractivity contribution in [1.29, 1.82) is 0 Å². The normalized spacial score (nSPS) is 16.0. The van der Waals surface area contributed by atoms with Crippen molar-refractivity contribution in [1.82, 2.24) is 24.6 Å². The Bertz CT molecular complexity index is 1480. The number of fused-ring (bicyclic) bond motifs is 2. The minimum Gasteiger partial charge on any atom is -0.376 e. The molecule has 3 aromatic heterocycles. The highest BCUT2D eigenvalue weighted by molar-refractivity contribution is 7.16. The molecule has 0 radical (unpaired) electrons. The molecular formula is C23H17F3N6O2S. The molecule has 5 heterocycles. The van der Waals surface area contributed by atoms with E-state index >= 15 is 4.39 Å². The van der Waals surface area contributed by atoms with Gasteiger partial charge >= 0.3 is 0 Å². The minimum atomic E-state index is -1.00. The van der Waals surface area contributed by atoms with Crippen LogP contribution in [-0.2, 0) is 23.9 Å². The van der Waals surface area contributed by atoms with Gasteiger partial charge in [-0.05, 0) is 23.8 Å². The summed E-state index contributed by atoms with van der Waals surface area (Å²) in [5.41, 5.74) is -0.155. The van der Waals surface area contributed by atoms with Crippen molar-refractivity contribution in [3.05, 3.63) is 76.2 Å². The van der Waals surface area contributed by atoms with E-state index in [0.717, 1.165) is 23.5 Å². The quantitative estimate of drug-likeness (QED) is 0.448. The molecule has 0 unspecified atom stereocenters. The van der Waals surface area contributed by atoms with Gasteiger partial charge < -0.3 is 15.0 Å². The molecule has 1 aromatic carbocycles. The lowest BCUT2D eigenvalue weighted by atomic mass is 9.94. The summed E-state index contributed by atoms with van der Waals surface area (Å²) in [6.07, 6.45) is 3.12. The van der Waals surface area contributed by atoms with Gasteiger partial charge in [0.05, 0.1) is 40.4 Å². The van der Waals surface area contributed by atoms with Crippen LogP contribution in [0.1, 0.15) is 20.8 Å². The highest BCUT2D eigenvalue weighted by Crippen LogP contribution is 2.52. The topological polar surface area (TPSA) is 85.2 Å². The van der Waals surface area contributed by atoms with Crippen LogP contribution >= 0.6 is 11.3 Å². The molecule has 2 aliphatic rings. The number of rotatable bonds is 5. The Balaban J connectivity index is 1.35. The Morgan fingerprint density at radius 2 is 1.97 bits per heavy atom. The second-order valence-electron chi connectivity index (χ2n) is 8.34. The van der Waals surface area contributed by atoms with E-state index in [-0.39, 0.29) is 36.1 Å². The Morgan fingerprint density at radius 3 is 2.66 bits per heavy atom. The van der Waals surface area contributed by atoms with E-state index in [4.69, 9.17) is 4.74 Å². The molecule has 1 amide bonds. The highest BCUT2D eigenvalue weighted by atomic mass is 32.1. The SMILES string of the molecule is Cn1nccc1Nc1nccc(-c2sc3c(c2F)C(=O)N(Cc2ccc(F)c(F)c2)C32COC2)n1. The van der Waals surface area contributed by atoms with E-state index in [1.807, 2.05) is 0 Å². The molecular weight excluding hydrogens is 481 g/mol. The minimum absolute atomic E-state index is 0.00183. The number of halogens is 3. The second-order valence-corrected chi connectivity index (χ2v) is 9.36. The molecule has 0 saturated carbocycles. The lowest BCUT2D eigenvalue weighted by Gasteiger charge is -2.45. The number of carbonyl (C=O) groups excluding carboxylic acids is 1. The average molecular weight is 498 g/mol. The summed E-state index contributed by atoms with van der Waals surface area (Å²) in [6.45, 7) is 0.375. The molecule has 0 aliphatic carbocycles. The number of anilines is 2. The number of thiophene rings is 1. The largest absolute Gasteiger partial charge is 0.376 e. The maximum atomic E-state index is 15.7. The van der Waals surface area contributed by atoms with Crippen LogP contribution in [0.4, 0.5) is 24.9 Å². The van der Waals surface area contributed by atoms with E-state index in [0.29, 0.717) is 22.0 Å². The van der Waals surface area contributed by atoms with Crippen molar-refractivity contribution in [2.45, 2.75) is 12.1 Å². The number of nitrogens with one attached hydrogen (secondary N) is 1. The van der Waals surface area contributed by atoms with Gasteiger partial charge in [0, 0.05) is 25.9 Å². The first kappa shape index (κ1) is 21.7. The summed E-state index contributed by atoms with van der Waals surface area (Å²) in [5.74, 6) is -2.25. The first-order valence-electron chi connectivity index (χ1n) is 10.6. The van der Waals surface area contributed by atoms with Crippen LogP contribution in [0.25, 0.3) is 10.6 Å². The van der Waals surface area contributed by atoms with Gasteiger partial charge in [-0.25, -0.2) is 23.1 Å². The molecule has 8 nitrogen and oxygen atoms in total. The van der Waals surface area contributed by atoms with Crippen molar-refractivity contribution in [3.8, 4) is 10.6 Å². The summed E-state index contributed by atoms with van der Waals surface area (Å²) in [7, 11) is 1.76. The monoisotopic (exact) mass is 498 g/mol. The van der Waals surface area contributed by atoms with Gasteiger partial charge in [0.15, 0.2) is 17.5 Å². The molecule has 6 rings (SSSR count). The van der Waals surface area contributed by atoms with Crippen molar-refractivity contribution >= 4 is 29.0 Å². The number of amides is 1. The van der Waals surface area contributed by atoms with Gasteiger partial charge in [-0.1, -0.05) is 6.07 Å². The lowest BCUT2D eigenvalue weighted by molar-refractivity contribution is -0.126. The molecule has 1 fully saturated rings. The number of hydrogen-bond donors (Lipinski definition) is 1. The van der Waals surface area contributed by atoms with Gasteiger partial charge in [0.25, 0.3) is 5.91 Å². The van der Waals surface area contributed by atoms with Crippen molar-refractivity contribution in [2.75, 3.05) is 18.5 Å². The van der Waals surface area contributed by atoms with Gasteiger partial charge in [-0.2, -0.15) is 5.10 Å². The van der Waals surface area contributed by atoms with E-state index < -0.39 is 28.9 Å². The second kappa shape index (κ2) is 7.89. The number of carbonyl (C=O) groups is 1. The summed E-state index contributed by atoms with van der Waals surface area (Å²) in [6, 6.07) is 6.78. The molecule has 4 aromatic rings. The number of nitrogens with zero attached hydrogens (tertiary/aromatic N) is 5. The number of aryl methyl sites for hydroxylation is 1. The van der Waals surface area contributed by atoms with Crippen molar-refractivity contribution in [2.24, 2.45) is 7.05 Å². The molecule has 1 spiro atoms. The van der Waals surface area contributed by atoms with Crippen LogP contribution in [0.5, 0.6) is 0 Å². The van der Waals surface area contributed by atoms with Crippen LogP contribution in [0, 0.1) is 17.5 Å². The molecule has 0 atom stereocenters. The van der Waals surface area contributed by atoms with Crippen LogP contribution in [0.15, 0.2) is 42.7 Å². The maximum absolute atomic E-state index is 15.7. The third-order valence-electron chi connectivity index (χ3n) is 6.20. The molecule has 2 aliphatic heterocycles. The third kappa shape index (κ3) is 3.32. The van der Waals surface area contributed by atoms with Gasteiger partial charge in [-0.15, -0.1) is 11.3 Å². The highest BCUT2D eigenvalue weighted by Gasteiger charge is 2.57. The number of aromatic nitrogens is 4. The molecule has 0 bridgehead atoms. The van der Waals surface area contributed by atoms with Crippen molar-refractivity contribution in [3.63, 3.8) is 0 Å². The van der Waals surface area contributed by atoms with E-state index in [2.05, 4.69) is 20.4 Å². The Morgan fingerprint density at radius 1 is 1.14 bits per heavy atom. The Hall–Kier alpha value is -3.77. The predicted molar refractivity (Wildman–Crippen MR) is 121 cm³/mol. The van der Waals surface area contributed by atoms with Crippen LogP contribution in [0.3, 0.4) is 0 Å². The fourth-order valence-electron chi connectivity index (χ4n) is 4.33. The zero-order valence-electron chi connectivity index (χ0n) is 18.3. The summed E-state index contributed by atoms with van der Waals surface area (Å²) < 4.78 is 49.8. The van der Waals surface area contributed by atoms with E-state index in [1.54, 1.807) is 30.1 Å². The van der Waals surface area contributed by atoms with Gasteiger partial charge in [-0.3, -0.25) is 9.48 Å². The maximum Gasteiger partial charge on any atom is 0.259 e. The number of ether oxygens (including phenoxy) is 1. The van der Waals surface area contributed by atoms with E-state index in [1.165, 1.54) is 17.2 Å². The first-order chi connectivity index (χ1) is 16.9.